The molecule has 0 radical (unpaired) electrons. The van der Waals surface area contributed by atoms with Gasteiger partial charge in [0.2, 0.25) is 0 Å². The molecule has 0 N–H and O–H groups in total. The van der Waals surface area contributed by atoms with E-state index in [2.05, 4.69) is 18.7 Å². The van der Waals surface area contributed by atoms with E-state index in [-0.39, 0.29) is 5.92 Å². The van der Waals surface area contributed by atoms with Crippen LogP contribution in [-0.4, -0.2) is 28.6 Å². The maximum absolute atomic E-state index is 12.7. The van der Waals surface area contributed by atoms with Gasteiger partial charge in [-0.2, -0.15) is 13.2 Å². The SMILES string of the molecule is CC(C)N1CC[C@H](Cn2cccc(C(F)(F)F)c2=O)C1. The van der Waals surface area contributed by atoms with Gasteiger partial charge in [0.25, 0.3) is 5.56 Å². The minimum Gasteiger partial charge on any atom is -0.315 e. The lowest BCUT2D eigenvalue weighted by atomic mass is 10.1. The minimum absolute atomic E-state index is 0.235. The van der Waals surface area contributed by atoms with E-state index in [0.29, 0.717) is 12.6 Å². The van der Waals surface area contributed by atoms with Crippen LogP contribution < -0.4 is 5.56 Å². The van der Waals surface area contributed by atoms with Gasteiger partial charge in [-0.25, -0.2) is 0 Å². The van der Waals surface area contributed by atoms with Crippen LogP contribution in [-0.2, 0) is 12.7 Å². The summed E-state index contributed by atoms with van der Waals surface area (Å²) < 4.78 is 39.3. The number of aromatic nitrogens is 1. The van der Waals surface area contributed by atoms with Crippen molar-refractivity contribution in [3.8, 4) is 0 Å². The first-order valence-electron chi connectivity index (χ1n) is 6.79. The maximum atomic E-state index is 12.7. The molecule has 1 aliphatic heterocycles. The van der Waals surface area contributed by atoms with Gasteiger partial charge in [-0.15, -0.1) is 0 Å². The number of halogens is 3. The first-order valence-corrected chi connectivity index (χ1v) is 6.79. The second kappa shape index (κ2) is 5.60. The smallest absolute Gasteiger partial charge is 0.315 e. The monoisotopic (exact) mass is 288 g/mol. The lowest BCUT2D eigenvalue weighted by Crippen LogP contribution is -2.32. The van der Waals surface area contributed by atoms with Gasteiger partial charge in [0.15, 0.2) is 0 Å². The van der Waals surface area contributed by atoms with Crippen molar-refractivity contribution in [2.75, 3.05) is 13.1 Å². The number of rotatable bonds is 3. The highest BCUT2D eigenvalue weighted by atomic mass is 19.4. The Morgan fingerprint density at radius 2 is 2.10 bits per heavy atom. The number of hydrogen-bond acceptors (Lipinski definition) is 2. The summed E-state index contributed by atoms with van der Waals surface area (Å²) in [6.07, 6.45) is -2.23. The van der Waals surface area contributed by atoms with Crippen molar-refractivity contribution in [2.24, 2.45) is 5.92 Å². The molecule has 0 aromatic carbocycles. The van der Waals surface area contributed by atoms with E-state index in [1.165, 1.54) is 16.8 Å². The average molecular weight is 288 g/mol. The molecule has 0 bridgehead atoms. The quantitative estimate of drug-likeness (QED) is 0.854. The average Bonchev–Trinajstić information content (AvgIpc) is 2.79. The summed E-state index contributed by atoms with van der Waals surface area (Å²) in [5, 5.41) is 0. The molecule has 1 aromatic rings. The van der Waals surface area contributed by atoms with E-state index >= 15 is 0 Å². The van der Waals surface area contributed by atoms with E-state index < -0.39 is 17.3 Å². The Labute approximate surface area is 116 Å². The van der Waals surface area contributed by atoms with Crippen LogP contribution in [0.5, 0.6) is 0 Å². The molecule has 6 heteroatoms. The highest BCUT2D eigenvalue weighted by Gasteiger charge is 2.34. The van der Waals surface area contributed by atoms with Crippen molar-refractivity contribution in [1.82, 2.24) is 9.47 Å². The molecule has 0 amide bonds. The Hall–Kier alpha value is -1.30. The van der Waals surface area contributed by atoms with Crippen molar-refractivity contribution in [2.45, 2.75) is 39.0 Å². The van der Waals surface area contributed by atoms with Gasteiger partial charge in [-0.3, -0.25) is 4.79 Å². The van der Waals surface area contributed by atoms with Crippen molar-refractivity contribution >= 4 is 0 Å². The zero-order valence-electron chi connectivity index (χ0n) is 11.7. The number of nitrogens with zero attached hydrogens (tertiary/aromatic N) is 2. The third kappa shape index (κ3) is 3.23. The standard InChI is InChI=1S/C14H19F3N2O/c1-10(2)18-7-5-11(8-18)9-19-6-3-4-12(13(19)20)14(15,16)17/h3-4,6,10-11H,5,7-9H2,1-2H3/t11-/m0/s1. The maximum Gasteiger partial charge on any atom is 0.421 e. The number of likely N-dealkylation sites (tertiary alicyclic amines) is 1. The van der Waals surface area contributed by atoms with Crippen LogP contribution in [0.25, 0.3) is 0 Å². The first-order chi connectivity index (χ1) is 9.29. The molecular weight excluding hydrogens is 269 g/mol. The van der Waals surface area contributed by atoms with Crippen LogP contribution in [0, 0.1) is 5.92 Å². The Morgan fingerprint density at radius 1 is 1.40 bits per heavy atom. The van der Waals surface area contributed by atoms with E-state index in [1.807, 2.05) is 0 Å². The van der Waals surface area contributed by atoms with Gasteiger partial charge in [-0.1, -0.05) is 0 Å². The zero-order valence-corrected chi connectivity index (χ0v) is 11.7. The molecule has 2 heterocycles. The molecule has 1 fully saturated rings. The predicted octanol–water partition coefficient (Wildman–Crippen LogP) is 2.60. The van der Waals surface area contributed by atoms with E-state index in [1.54, 1.807) is 0 Å². The fraction of sp³-hybridized carbons (Fsp3) is 0.643. The molecule has 0 unspecified atom stereocenters. The van der Waals surface area contributed by atoms with Gasteiger partial charge in [-0.05, 0) is 44.9 Å². The molecule has 1 atom stereocenters. The normalized spacial score (nSPS) is 20.8. The molecule has 0 saturated carbocycles. The third-order valence-electron chi connectivity index (χ3n) is 3.83. The zero-order chi connectivity index (χ0) is 14.9. The van der Waals surface area contributed by atoms with Crippen molar-refractivity contribution < 1.29 is 13.2 Å². The van der Waals surface area contributed by atoms with Crippen molar-refractivity contribution in [1.29, 1.82) is 0 Å². The Kier molecular flexibility index (Phi) is 4.22. The minimum atomic E-state index is -4.58. The molecule has 3 nitrogen and oxygen atoms in total. The van der Waals surface area contributed by atoms with E-state index in [4.69, 9.17) is 0 Å². The molecule has 1 aliphatic rings. The molecule has 1 saturated heterocycles. The van der Waals surface area contributed by atoms with Crippen LogP contribution in [0.2, 0.25) is 0 Å². The van der Waals surface area contributed by atoms with Gasteiger partial charge < -0.3 is 9.47 Å². The van der Waals surface area contributed by atoms with Crippen LogP contribution in [0.3, 0.4) is 0 Å². The molecule has 2 rings (SSSR count). The summed E-state index contributed by atoms with van der Waals surface area (Å²) in [5.74, 6) is 0.235. The summed E-state index contributed by atoms with van der Waals surface area (Å²) >= 11 is 0. The molecule has 1 aromatic heterocycles. The summed E-state index contributed by atoms with van der Waals surface area (Å²) in [6, 6.07) is 2.56. The number of hydrogen-bond donors (Lipinski definition) is 0. The molecule has 0 spiro atoms. The Morgan fingerprint density at radius 3 is 2.65 bits per heavy atom. The van der Waals surface area contributed by atoms with Gasteiger partial charge >= 0.3 is 6.18 Å². The third-order valence-corrected chi connectivity index (χ3v) is 3.83. The highest BCUT2D eigenvalue weighted by molar-refractivity contribution is 5.14. The highest BCUT2D eigenvalue weighted by Crippen LogP contribution is 2.26. The summed E-state index contributed by atoms with van der Waals surface area (Å²) in [5.41, 5.74) is -2.03. The van der Waals surface area contributed by atoms with Crippen LogP contribution >= 0.6 is 0 Å². The number of pyridine rings is 1. The second-order valence-electron chi connectivity index (χ2n) is 5.62. The van der Waals surface area contributed by atoms with Gasteiger partial charge in [0.05, 0.1) is 0 Å². The van der Waals surface area contributed by atoms with Gasteiger partial charge in [0.1, 0.15) is 5.56 Å². The Bertz CT molecular complexity index is 522. The number of alkyl halides is 3. The molecular formula is C14H19F3N2O. The topological polar surface area (TPSA) is 25.2 Å². The Balaban J connectivity index is 2.14. The summed E-state index contributed by atoms with van der Waals surface area (Å²) in [6.45, 7) is 6.32. The van der Waals surface area contributed by atoms with E-state index in [9.17, 15) is 18.0 Å². The molecule has 0 aliphatic carbocycles. The second-order valence-corrected chi connectivity index (χ2v) is 5.62. The van der Waals surface area contributed by atoms with Gasteiger partial charge in [0, 0.05) is 25.3 Å². The largest absolute Gasteiger partial charge is 0.421 e. The predicted molar refractivity (Wildman–Crippen MR) is 70.5 cm³/mol. The first kappa shape index (κ1) is 15.1. The van der Waals surface area contributed by atoms with E-state index in [0.717, 1.165) is 25.6 Å². The van der Waals surface area contributed by atoms with Crippen molar-refractivity contribution in [3.05, 3.63) is 34.2 Å². The van der Waals surface area contributed by atoms with Crippen LogP contribution in [0.4, 0.5) is 13.2 Å². The van der Waals surface area contributed by atoms with Crippen molar-refractivity contribution in [3.63, 3.8) is 0 Å². The fourth-order valence-electron chi connectivity index (χ4n) is 2.66. The van der Waals surface area contributed by atoms with Crippen LogP contribution in [0.1, 0.15) is 25.8 Å². The summed E-state index contributed by atoms with van der Waals surface area (Å²) in [7, 11) is 0. The van der Waals surface area contributed by atoms with Crippen LogP contribution in [0.15, 0.2) is 23.1 Å². The lowest BCUT2D eigenvalue weighted by molar-refractivity contribution is -0.139. The summed E-state index contributed by atoms with van der Waals surface area (Å²) in [4.78, 5) is 14.1. The molecule has 20 heavy (non-hydrogen) atoms. The molecule has 112 valence electrons. The lowest BCUT2D eigenvalue weighted by Gasteiger charge is -2.20. The fourth-order valence-corrected chi connectivity index (χ4v) is 2.66.